The van der Waals surface area contributed by atoms with Crippen molar-refractivity contribution < 1.29 is 14.5 Å². The summed E-state index contributed by atoms with van der Waals surface area (Å²) in [6.45, 7) is 1.96. The van der Waals surface area contributed by atoms with Gasteiger partial charge < -0.3 is 10.5 Å². The summed E-state index contributed by atoms with van der Waals surface area (Å²) >= 11 is 7.10. The monoisotopic (exact) mass is 373 g/mol. The highest BCUT2D eigenvalue weighted by Gasteiger charge is 2.27. The number of pyridine rings is 1. The maximum Gasteiger partial charge on any atom is 0.350 e. The van der Waals surface area contributed by atoms with E-state index >= 15 is 0 Å². The van der Waals surface area contributed by atoms with Gasteiger partial charge in [0.1, 0.15) is 16.5 Å². The van der Waals surface area contributed by atoms with Crippen molar-refractivity contribution in [2.75, 3.05) is 18.1 Å². The Bertz CT molecular complexity index is 1020. The van der Waals surface area contributed by atoms with Crippen LogP contribution >= 0.6 is 22.9 Å². The third-order valence-corrected chi connectivity index (χ3v) is 5.02. The molecule has 0 saturated heterocycles. The number of nitrogen functional groups attached to an aromatic ring is 2. The van der Waals surface area contributed by atoms with Gasteiger partial charge in [-0.15, -0.1) is 0 Å². The lowest BCUT2D eigenvalue weighted by atomic mass is 9.97. The van der Waals surface area contributed by atoms with Crippen LogP contribution in [0.5, 0.6) is 0 Å². The number of esters is 1. The normalized spacial score (nSPS) is 10.6. The highest BCUT2D eigenvalue weighted by molar-refractivity contribution is 7.20. The molecule has 0 aliphatic rings. The van der Waals surface area contributed by atoms with Crippen LogP contribution in [0.4, 0.5) is 11.5 Å². The lowest BCUT2D eigenvalue weighted by Gasteiger charge is -2.07. The molecular formula is C17H14ClN4O2S+. The van der Waals surface area contributed by atoms with Gasteiger partial charge in [-0.1, -0.05) is 35.1 Å². The van der Waals surface area contributed by atoms with Crippen LogP contribution in [0, 0.1) is 11.3 Å². The zero-order valence-corrected chi connectivity index (χ0v) is 14.8. The molecule has 0 amide bonds. The summed E-state index contributed by atoms with van der Waals surface area (Å²) in [5.74, 6) is -0.301. The minimum Gasteiger partial charge on any atom is -0.462 e. The molecule has 3 rings (SSSR count). The Balaban J connectivity index is 2.38. The highest BCUT2D eigenvalue weighted by Crippen LogP contribution is 2.41. The fourth-order valence-corrected chi connectivity index (χ4v) is 3.75. The molecule has 0 unspecified atom stereocenters. The molecule has 0 saturated carbocycles. The minimum atomic E-state index is -0.506. The van der Waals surface area contributed by atoms with E-state index in [0.29, 0.717) is 20.8 Å². The van der Waals surface area contributed by atoms with Gasteiger partial charge in [-0.25, -0.2) is 9.78 Å². The first-order valence-corrected chi connectivity index (χ1v) is 8.57. The van der Waals surface area contributed by atoms with Gasteiger partial charge in [-0.05, 0) is 24.6 Å². The van der Waals surface area contributed by atoms with Gasteiger partial charge in [0, 0.05) is 10.6 Å². The molecule has 2 aromatic heterocycles. The molecule has 1 aromatic carbocycles. The van der Waals surface area contributed by atoms with E-state index in [1.165, 1.54) is 0 Å². The second-order valence-electron chi connectivity index (χ2n) is 5.18. The number of nitriles is 1. The van der Waals surface area contributed by atoms with Crippen LogP contribution in [0.25, 0.3) is 21.3 Å². The zero-order chi connectivity index (χ0) is 18.1. The smallest absolute Gasteiger partial charge is 0.350 e. The largest absolute Gasteiger partial charge is 0.462 e. The summed E-state index contributed by atoms with van der Waals surface area (Å²) in [4.78, 5) is 16.0. The van der Waals surface area contributed by atoms with Gasteiger partial charge in [-0.3, -0.25) is 5.73 Å². The average molecular weight is 374 g/mol. The number of thiophene rings is 1. The van der Waals surface area contributed by atoms with Crippen molar-refractivity contribution in [3.8, 4) is 17.2 Å². The number of ether oxygens (including phenoxy) is 1. The Morgan fingerprint density at radius 2 is 2.04 bits per heavy atom. The predicted octanol–water partition coefficient (Wildman–Crippen LogP) is 3.25. The molecule has 3 aromatic rings. The first-order chi connectivity index (χ1) is 12.0. The van der Waals surface area contributed by atoms with Crippen molar-refractivity contribution in [2.24, 2.45) is 0 Å². The predicted molar refractivity (Wildman–Crippen MR) is 98.3 cm³/mol. The van der Waals surface area contributed by atoms with Gasteiger partial charge in [0.05, 0.1) is 17.7 Å². The van der Waals surface area contributed by atoms with E-state index in [-0.39, 0.29) is 28.6 Å². The summed E-state index contributed by atoms with van der Waals surface area (Å²) in [5, 5.41) is 10.7. The first-order valence-electron chi connectivity index (χ1n) is 7.37. The van der Waals surface area contributed by atoms with Gasteiger partial charge in [0.2, 0.25) is 0 Å². The van der Waals surface area contributed by atoms with Crippen LogP contribution in [0.3, 0.4) is 0 Å². The summed E-state index contributed by atoms with van der Waals surface area (Å²) in [6.07, 6.45) is 0. The number of aromatic amines is 1. The molecule has 25 heavy (non-hydrogen) atoms. The van der Waals surface area contributed by atoms with Crippen molar-refractivity contribution in [3.05, 3.63) is 39.7 Å². The summed E-state index contributed by atoms with van der Waals surface area (Å²) in [6, 6.07) is 9.08. The van der Waals surface area contributed by atoms with Gasteiger partial charge in [0.15, 0.2) is 4.83 Å². The Kier molecular flexibility index (Phi) is 4.49. The van der Waals surface area contributed by atoms with Gasteiger partial charge in [-0.2, -0.15) is 5.26 Å². The van der Waals surface area contributed by atoms with Crippen LogP contribution in [0.2, 0.25) is 5.02 Å². The number of fused-ring (bicyclic) bond motifs is 1. The van der Waals surface area contributed by atoms with Crippen molar-refractivity contribution in [1.82, 2.24) is 0 Å². The van der Waals surface area contributed by atoms with Crippen LogP contribution < -0.4 is 16.5 Å². The summed E-state index contributed by atoms with van der Waals surface area (Å²) in [7, 11) is 0. The number of hydrogen-bond donors (Lipinski definition) is 2. The molecule has 0 bridgehead atoms. The molecular weight excluding hydrogens is 360 g/mol. The molecule has 0 fully saturated rings. The number of anilines is 2. The number of aromatic nitrogens is 1. The lowest BCUT2D eigenvalue weighted by molar-refractivity contribution is -0.323. The number of nitrogens with zero attached hydrogens (tertiary/aromatic N) is 1. The Labute approximate surface area is 152 Å². The van der Waals surface area contributed by atoms with Crippen LogP contribution in [0.1, 0.15) is 22.2 Å². The second kappa shape index (κ2) is 6.59. The van der Waals surface area contributed by atoms with E-state index in [2.05, 4.69) is 11.1 Å². The fourth-order valence-electron chi connectivity index (χ4n) is 2.59. The van der Waals surface area contributed by atoms with Crippen molar-refractivity contribution in [2.45, 2.75) is 6.92 Å². The molecule has 0 atom stereocenters. The number of rotatable bonds is 3. The Hall–Kier alpha value is -2.82. The van der Waals surface area contributed by atoms with Gasteiger partial charge in [0.25, 0.3) is 5.82 Å². The third-order valence-electron chi connectivity index (χ3n) is 3.67. The Morgan fingerprint density at radius 1 is 1.36 bits per heavy atom. The summed E-state index contributed by atoms with van der Waals surface area (Å²) in [5.41, 5.74) is 14.0. The van der Waals surface area contributed by atoms with Crippen LogP contribution in [-0.2, 0) is 4.74 Å². The van der Waals surface area contributed by atoms with E-state index in [1.54, 1.807) is 31.2 Å². The van der Waals surface area contributed by atoms with Crippen molar-refractivity contribution in [1.29, 1.82) is 5.26 Å². The highest BCUT2D eigenvalue weighted by atomic mass is 35.5. The molecule has 0 radical (unpaired) electrons. The minimum absolute atomic E-state index is 0.205. The maximum absolute atomic E-state index is 12.1. The number of nitrogens with two attached hydrogens (primary N) is 2. The number of H-pyrrole nitrogens is 1. The molecule has 0 aliphatic heterocycles. The Morgan fingerprint density at radius 3 is 2.64 bits per heavy atom. The number of nitrogens with one attached hydrogen (secondary N) is 1. The first kappa shape index (κ1) is 17.0. The standard InChI is InChI=1S/C17H13ClN4O2S/c1-2-24-17(23)14-13(20)12-11(8-3-5-9(18)6-4-8)10(7-19)15(21)22-16(12)25-14/h3-6H,2,20H2,1H3,(H2,21,22)/p+1. The third kappa shape index (κ3) is 2.86. The number of hydrogen-bond acceptors (Lipinski definition) is 6. The molecule has 0 spiro atoms. The van der Waals surface area contributed by atoms with E-state index in [4.69, 9.17) is 27.8 Å². The molecule has 5 N–H and O–H groups in total. The number of halogens is 1. The van der Waals surface area contributed by atoms with Gasteiger partial charge >= 0.3 is 5.97 Å². The van der Waals surface area contributed by atoms with Crippen LogP contribution in [-0.4, -0.2) is 12.6 Å². The summed E-state index contributed by atoms with van der Waals surface area (Å²) < 4.78 is 5.05. The lowest BCUT2D eigenvalue weighted by Crippen LogP contribution is -2.13. The number of carbonyl (C=O) groups is 1. The van der Waals surface area contributed by atoms with Crippen molar-refractivity contribution in [3.63, 3.8) is 0 Å². The quantitative estimate of drug-likeness (QED) is 0.683. The average Bonchev–Trinajstić information content (AvgIpc) is 2.91. The SMILES string of the molecule is CCOC(=O)c1sc2[nH+]c(N)c(C#N)c(-c3ccc(Cl)cc3)c2c1N. The molecule has 8 heteroatoms. The fraction of sp³-hybridized carbons (Fsp3) is 0.118. The van der Waals surface area contributed by atoms with Crippen LogP contribution in [0.15, 0.2) is 24.3 Å². The molecule has 126 valence electrons. The number of carbonyl (C=O) groups excluding carboxylic acids is 1. The van der Waals surface area contributed by atoms with E-state index in [9.17, 15) is 10.1 Å². The van der Waals surface area contributed by atoms with E-state index < -0.39 is 5.97 Å². The number of benzene rings is 1. The van der Waals surface area contributed by atoms with Crippen molar-refractivity contribution >= 4 is 50.6 Å². The molecule has 6 nitrogen and oxygen atoms in total. The zero-order valence-electron chi connectivity index (χ0n) is 13.2. The molecule has 2 heterocycles. The molecule has 0 aliphatic carbocycles. The van der Waals surface area contributed by atoms with E-state index in [0.717, 1.165) is 16.9 Å². The van der Waals surface area contributed by atoms with E-state index in [1.807, 2.05) is 0 Å². The topological polar surface area (TPSA) is 116 Å². The maximum atomic E-state index is 12.1. The second-order valence-corrected chi connectivity index (χ2v) is 6.63.